The predicted octanol–water partition coefficient (Wildman–Crippen LogP) is 1.77. The number of rotatable bonds is 3. The number of nitrogens with one attached hydrogen (secondary N) is 1. The molecule has 0 spiro atoms. The fourth-order valence-electron chi connectivity index (χ4n) is 3.99. The number of carbonyl (C=O) groups is 1. The van der Waals surface area contributed by atoms with Gasteiger partial charge in [-0.1, -0.05) is 0 Å². The molecular formula is C20H16FN9O2. The van der Waals surface area contributed by atoms with Gasteiger partial charge in [0.2, 0.25) is 0 Å². The van der Waals surface area contributed by atoms with E-state index in [4.69, 9.17) is 4.42 Å². The first kappa shape index (κ1) is 18.4. The summed E-state index contributed by atoms with van der Waals surface area (Å²) in [7, 11) is 1.82. The highest BCUT2D eigenvalue weighted by Gasteiger charge is 2.38. The number of hydrogen-bond acceptors (Lipinski definition) is 7. The minimum Gasteiger partial charge on any atom is -0.411 e. The van der Waals surface area contributed by atoms with Gasteiger partial charge in [0, 0.05) is 38.1 Å². The summed E-state index contributed by atoms with van der Waals surface area (Å²) < 4.78 is 23.1. The Morgan fingerprint density at radius 3 is 3.03 bits per heavy atom. The van der Waals surface area contributed by atoms with Gasteiger partial charge < -0.3 is 18.9 Å². The second-order valence-corrected chi connectivity index (χ2v) is 7.51. The molecule has 6 heterocycles. The predicted molar refractivity (Wildman–Crippen MR) is 107 cm³/mol. The molecule has 32 heavy (non-hydrogen) atoms. The number of aromatic nitrogens is 8. The lowest BCUT2D eigenvalue weighted by Gasteiger charge is -2.32. The first-order chi connectivity index (χ1) is 15.6. The number of pyridine rings is 1. The number of imidazole rings is 2. The Morgan fingerprint density at radius 1 is 1.31 bits per heavy atom. The zero-order valence-corrected chi connectivity index (χ0v) is 16.8. The molecule has 1 aliphatic heterocycles. The molecule has 0 aliphatic carbocycles. The molecule has 5 aromatic rings. The summed E-state index contributed by atoms with van der Waals surface area (Å²) >= 11 is 0. The summed E-state index contributed by atoms with van der Waals surface area (Å²) in [6.07, 6.45) is 7.12. The Balaban J connectivity index is 1.41. The van der Waals surface area contributed by atoms with E-state index >= 15 is 0 Å². The third kappa shape index (κ3) is 2.80. The van der Waals surface area contributed by atoms with Gasteiger partial charge in [0.05, 0.1) is 24.0 Å². The minimum atomic E-state index is -0.637. The molecule has 1 atom stereocenters. The van der Waals surface area contributed by atoms with E-state index in [1.165, 1.54) is 10.6 Å². The number of hydrogen-bond donors (Lipinski definition) is 1. The van der Waals surface area contributed by atoms with E-state index in [0.717, 1.165) is 5.69 Å². The third-order valence-corrected chi connectivity index (χ3v) is 5.47. The number of aromatic amines is 1. The van der Waals surface area contributed by atoms with Gasteiger partial charge in [-0.25, -0.2) is 18.9 Å². The van der Waals surface area contributed by atoms with Crippen LogP contribution in [-0.4, -0.2) is 56.7 Å². The zero-order chi connectivity index (χ0) is 21.8. The van der Waals surface area contributed by atoms with Gasteiger partial charge in [0.15, 0.2) is 0 Å². The van der Waals surface area contributed by atoms with Crippen LogP contribution in [0.15, 0.2) is 47.7 Å². The van der Waals surface area contributed by atoms with Gasteiger partial charge in [-0.15, -0.1) is 10.2 Å². The average Bonchev–Trinajstić information content (AvgIpc) is 3.57. The molecule has 0 fully saturated rings. The van der Waals surface area contributed by atoms with Crippen molar-refractivity contribution in [1.29, 1.82) is 0 Å². The topological polar surface area (TPSA) is 123 Å². The molecule has 1 aliphatic rings. The van der Waals surface area contributed by atoms with E-state index in [2.05, 4.69) is 30.2 Å². The molecular weight excluding hydrogens is 417 g/mol. The van der Waals surface area contributed by atoms with E-state index in [0.29, 0.717) is 35.6 Å². The lowest BCUT2D eigenvalue weighted by Crippen LogP contribution is -2.41. The highest BCUT2D eigenvalue weighted by atomic mass is 19.1. The summed E-state index contributed by atoms with van der Waals surface area (Å²) in [4.78, 5) is 26.7. The number of aryl methyl sites for hydroxylation is 1. The maximum absolute atomic E-state index is 14.3. The Kier molecular flexibility index (Phi) is 3.93. The van der Waals surface area contributed by atoms with Gasteiger partial charge in [-0.3, -0.25) is 4.79 Å². The molecule has 0 saturated heterocycles. The molecule has 0 bridgehead atoms. The Hall–Kier alpha value is -4.35. The highest BCUT2D eigenvalue weighted by Crippen LogP contribution is 2.34. The van der Waals surface area contributed by atoms with Crippen LogP contribution in [0.2, 0.25) is 0 Å². The quantitative estimate of drug-likeness (QED) is 0.460. The molecule has 6 rings (SSSR count). The summed E-state index contributed by atoms with van der Waals surface area (Å²) in [6.45, 7) is 0.371. The lowest BCUT2D eigenvalue weighted by molar-refractivity contribution is 0.0646. The fraction of sp³-hybridized carbons (Fsp3) is 0.200. The maximum Gasteiger partial charge on any atom is 0.312 e. The first-order valence-electron chi connectivity index (χ1n) is 9.87. The second kappa shape index (κ2) is 6.83. The lowest BCUT2D eigenvalue weighted by atomic mass is 9.99. The smallest absolute Gasteiger partial charge is 0.312 e. The summed E-state index contributed by atoms with van der Waals surface area (Å²) in [5.41, 5.74) is 2.82. The fourth-order valence-corrected chi connectivity index (χ4v) is 3.99. The largest absolute Gasteiger partial charge is 0.411 e. The van der Waals surface area contributed by atoms with Gasteiger partial charge in [-0.05, 0) is 18.2 Å². The number of fused-ring (bicyclic) bond motifs is 2. The molecule has 1 amide bonds. The summed E-state index contributed by atoms with van der Waals surface area (Å²) in [5.74, 6) is -0.877. The van der Waals surface area contributed by atoms with Crippen molar-refractivity contribution in [3.05, 3.63) is 72.0 Å². The van der Waals surface area contributed by atoms with Crippen molar-refractivity contribution in [2.75, 3.05) is 6.54 Å². The zero-order valence-electron chi connectivity index (χ0n) is 16.8. The Morgan fingerprint density at radius 2 is 2.22 bits per heavy atom. The maximum atomic E-state index is 14.3. The van der Waals surface area contributed by atoms with Gasteiger partial charge >= 0.3 is 11.8 Å². The van der Waals surface area contributed by atoms with Crippen LogP contribution in [-0.2, 0) is 13.5 Å². The van der Waals surface area contributed by atoms with Crippen molar-refractivity contribution < 1.29 is 13.6 Å². The van der Waals surface area contributed by atoms with Gasteiger partial charge in [0.1, 0.15) is 23.1 Å². The Bertz CT molecular complexity index is 1460. The molecule has 0 radical (unpaired) electrons. The molecule has 0 saturated carbocycles. The van der Waals surface area contributed by atoms with Crippen molar-refractivity contribution in [3.63, 3.8) is 0 Å². The molecule has 0 aromatic carbocycles. The highest BCUT2D eigenvalue weighted by molar-refractivity contribution is 5.90. The van der Waals surface area contributed by atoms with Crippen LogP contribution in [0.4, 0.5) is 4.39 Å². The number of amides is 1. The molecule has 1 N–H and O–H groups in total. The number of halogens is 1. The minimum absolute atomic E-state index is 0.151. The average molecular weight is 433 g/mol. The molecule has 5 aromatic heterocycles. The third-order valence-electron chi connectivity index (χ3n) is 5.47. The molecule has 11 nitrogen and oxygen atoms in total. The number of H-pyrrole nitrogens is 1. The van der Waals surface area contributed by atoms with Gasteiger partial charge in [0.25, 0.3) is 5.89 Å². The number of carbonyl (C=O) groups excluding carboxylic acids is 1. The van der Waals surface area contributed by atoms with E-state index in [1.54, 1.807) is 46.6 Å². The van der Waals surface area contributed by atoms with Crippen molar-refractivity contribution in [1.82, 2.24) is 44.2 Å². The van der Waals surface area contributed by atoms with E-state index < -0.39 is 17.8 Å². The van der Waals surface area contributed by atoms with Crippen LogP contribution in [0.1, 0.15) is 33.8 Å². The van der Waals surface area contributed by atoms with E-state index in [9.17, 15) is 9.18 Å². The van der Waals surface area contributed by atoms with Gasteiger partial charge in [-0.2, -0.15) is 5.10 Å². The van der Waals surface area contributed by atoms with E-state index in [-0.39, 0.29) is 11.8 Å². The SMILES string of the molecule is Cn1cnc(-c2nnc(C(=O)N3CCc4[nH]cnc4[C@@H]3c3cc4c(F)cccn4n3)o2)c1. The normalized spacial score (nSPS) is 15.9. The molecule has 160 valence electrons. The second-order valence-electron chi connectivity index (χ2n) is 7.51. The van der Waals surface area contributed by atoms with Crippen LogP contribution in [0.25, 0.3) is 17.1 Å². The van der Waals surface area contributed by atoms with Crippen LogP contribution in [0.5, 0.6) is 0 Å². The van der Waals surface area contributed by atoms with Crippen molar-refractivity contribution >= 4 is 11.4 Å². The van der Waals surface area contributed by atoms with Crippen molar-refractivity contribution in [2.45, 2.75) is 12.5 Å². The summed E-state index contributed by atoms with van der Waals surface area (Å²) in [5, 5.41) is 12.4. The monoisotopic (exact) mass is 433 g/mol. The van der Waals surface area contributed by atoms with Crippen LogP contribution in [0, 0.1) is 5.82 Å². The summed E-state index contributed by atoms with van der Waals surface area (Å²) in [6, 6.07) is 3.92. The standard InChI is InChI=1S/C20H16FN9O2/c1-28-8-14(24-10-28)18-25-26-19(32-18)20(31)29-6-4-12-16(23-9-22-12)17(29)13-7-15-11(21)3-2-5-30(15)27-13/h2-3,5,7-10,17H,4,6H2,1H3,(H,22,23)/t17-/m0/s1. The van der Waals surface area contributed by atoms with Crippen LogP contribution in [0.3, 0.4) is 0 Å². The van der Waals surface area contributed by atoms with Crippen LogP contribution < -0.4 is 0 Å². The van der Waals surface area contributed by atoms with E-state index in [1.807, 2.05) is 7.05 Å². The molecule has 12 heteroatoms. The molecule has 0 unspecified atom stereocenters. The van der Waals surface area contributed by atoms with Crippen molar-refractivity contribution in [3.8, 4) is 11.6 Å². The first-order valence-corrected chi connectivity index (χ1v) is 9.87. The Labute approximate surface area is 179 Å². The van der Waals surface area contributed by atoms with Crippen molar-refractivity contribution in [2.24, 2.45) is 7.05 Å². The van der Waals surface area contributed by atoms with Crippen LogP contribution >= 0.6 is 0 Å². The number of nitrogens with zero attached hydrogens (tertiary/aromatic N) is 8.